The zero-order chi connectivity index (χ0) is 15.9. The van der Waals surface area contributed by atoms with Crippen LogP contribution >= 0.6 is 0 Å². The SMILES string of the molecule is CCc1cccc(C)c1NC(=O)[C@H]1[C@@H](C(=O)O)[C@@H]2C=C[C@@H]1O2. The Balaban J connectivity index is 1.86. The molecule has 22 heavy (non-hydrogen) atoms. The first-order chi connectivity index (χ1) is 10.5. The maximum atomic E-state index is 12.7. The summed E-state index contributed by atoms with van der Waals surface area (Å²) in [6, 6.07) is 5.85. The van der Waals surface area contributed by atoms with Crippen molar-refractivity contribution < 1.29 is 19.4 Å². The van der Waals surface area contributed by atoms with E-state index in [1.54, 1.807) is 12.2 Å². The Morgan fingerprint density at radius 1 is 1.23 bits per heavy atom. The second-order valence-corrected chi connectivity index (χ2v) is 5.79. The normalized spacial score (nSPS) is 28.8. The highest BCUT2D eigenvalue weighted by Crippen LogP contribution is 2.40. The van der Waals surface area contributed by atoms with Gasteiger partial charge in [-0.05, 0) is 24.5 Å². The summed E-state index contributed by atoms with van der Waals surface area (Å²) in [6.07, 6.45) is 3.37. The van der Waals surface area contributed by atoms with Gasteiger partial charge in [-0.3, -0.25) is 9.59 Å². The van der Waals surface area contributed by atoms with Gasteiger partial charge in [0.1, 0.15) is 5.92 Å². The summed E-state index contributed by atoms with van der Waals surface area (Å²) in [5.74, 6) is -2.77. The molecule has 0 unspecified atom stereocenters. The third-order valence-corrected chi connectivity index (χ3v) is 4.48. The molecule has 2 N–H and O–H groups in total. The number of carbonyl (C=O) groups excluding carboxylic acids is 1. The minimum Gasteiger partial charge on any atom is -0.481 e. The summed E-state index contributed by atoms with van der Waals surface area (Å²) < 4.78 is 5.55. The second kappa shape index (κ2) is 5.57. The molecule has 1 aromatic carbocycles. The van der Waals surface area contributed by atoms with E-state index >= 15 is 0 Å². The minimum absolute atomic E-state index is 0.284. The molecule has 2 heterocycles. The lowest BCUT2D eigenvalue weighted by Crippen LogP contribution is -2.39. The topological polar surface area (TPSA) is 75.6 Å². The van der Waals surface area contributed by atoms with Crippen LogP contribution in [0.25, 0.3) is 0 Å². The molecular formula is C17H19NO4. The monoisotopic (exact) mass is 301 g/mol. The molecule has 0 saturated carbocycles. The van der Waals surface area contributed by atoms with Gasteiger partial charge in [-0.15, -0.1) is 0 Å². The van der Waals surface area contributed by atoms with E-state index < -0.39 is 30.0 Å². The largest absolute Gasteiger partial charge is 0.481 e. The summed E-state index contributed by atoms with van der Waals surface area (Å²) in [5, 5.41) is 12.3. The smallest absolute Gasteiger partial charge is 0.310 e. The van der Waals surface area contributed by atoms with E-state index in [-0.39, 0.29) is 5.91 Å². The molecule has 0 spiro atoms. The number of rotatable bonds is 4. The van der Waals surface area contributed by atoms with E-state index in [9.17, 15) is 14.7 Å². The van der Waals surface area contributed by atoms with Crippen molar-refractivity contribution in [2.45, 2.75) is 32.5 Å². The van der Waals surface area contributed by atoms with Gasteiger partial charge in [0, 0.05) is 5.69 Å². The third kappa shape index (κ3) is 2.31. The van der Waals surface area contributed by atoms with Gasteiger partial charge in [-0.2, -0.15) is 0 Å². The van der Waals surface area contributed by atoms with E-state index in [0.717, 1.165) is 23.2 Å². The number of aliphatic carboxylic acids is 1. The average Bonchev–Trinajstić information content (AvgIpc) is 3.09. The summed E-state index contributed by atoms with van der Waals surface area (Å²) in [6.45, 7) is 3.95. The van der Waals surface area contributed by atoms with Crippen LogP contribution in [0.15, 0.2) is 30.4 Å². The minimum atomic E-state index is -0.988. The van der Waals surface area contributed by atoms with Crippen LogP contribution < -0.4 is 5.32 Å². The first kappa shape index (κ1) is 14.8. The van der Waals surface area contributed by atoms with E-state index in [1.165, 1.54) is 0 Å². The Morgan fingerprint density at radius 2 is 1.91 bits per heavy atom. The number of para-hydroxylation sites is 1. The van der Waals surface area contributed by atoms with Gasteiger partial charge >= 0.3 is 5.97 Å². The molecular weight excluding hydrogens is 282 g/mol. The van der Waals surface area contributed by atoms with Gasteiger partial charge in [-0.1, -0.05) is 37.3 Å². The van der Waals surface area contributed by atoms with Crippen LogP contribution in [0.1, 0.15) is 18.1 Å². The lowest BCUT2D eigenvalue weighted by Gasteiger charge is -2.22. The lowest BCUT2D eigenvalue weighted by molar-refractivity contribution is -0.145. The van der Waals surface area contributed by atoms with Gasteiger partial charge in [-0.25, -0.2) is 0 Å². The lowest BCUT2D eigenvalue weighted by atomic mass is 9.82. The van der Waals surface area contributed by atoms with Crippen molar-refractivity contribution in [3.63, 3.8) is 0 Å². The molecule has 0 aromatic heterocycles. The Hall–Kier alpha value is -2.14. The molecule has 1 saturated heterocycles. The van der Waals surface area contributed by atoms with E-state index in [0.29, 0.717) is 0 Å². The highest BCUT2D eigenvalue weighted by molar-refractivity contribution is 5.97. The van der Waals surface area contributed by atoms with Crippen molar-refractivity contribution in [3.05, 3.63) is 41.5 Å². The van der Waals surface area contributed by atoms with Crippen LogP contribution in [0.5, 0.6) is 0 Å². The second-order valence-electron chi connectivity index (χ2n) is 5.79. The molecule has 3 rings (SSSR count). The number of carboxylic acids is 1. The standard InChI is InChI=1S/C17H19NO4/c1-3-10-6-4-5-9(2)15(10)18-16(19)13-11-7-8-12(22-11)14(13)17(20)21/h4-8,11-14H,3H2,1-2H3,(H,18,19)(H,20,21)/t11-,12-,13+,14-/m0/s1. The molecule has 0 aliphatic carbocycles. The van der Waals surface area contributed by atoms with Crippen LogP contribution in [-0.4, -0.2) is 29.2 Å². The number of ether oxygens (including phenoxy) is 1. The first-order valence-electron chi connectivity index (χ1n) is 7.49. The van der Waals surface area contributed by atoms with Crippen molar-refractivity contribution in [1.29, 1.82) is 0 Å². The molecule has 4 atom stereocenters. The van der Waals surface area contributed by atoms with Gasteiger partial charge in [0.15, 0.2) is 0 Å². The number of carbonyl (C=O) groups is 2. The van der Waals surface area contributed by atoms with Crippen LogP contribution in [0, 0.1) is 18.8 Å². The van der Waals surface area contributed by atoms with Crippen molar-refractivity contribution in [1.82, 2.24) is 0 Å². The maximum absolute atomic E-state index is 12.7. The molecule has 5 heteroatoms. The zero-order valence-corrected chi connectivity index (χ0v) is 12.6. The van der Waals surface area contributed by atoms with Crippen molar-refractivity contribution >= 4 is 17.6 Å². The van der Waals surface area contributed by atoms with E-state index in [4.69, 9.17) is 4.74 Å². The number of amides is 1. The summed E-state index contributed by atoms with van der Waals surface area (Å²) in [4.78, 5) is 24.1. The van der Waals surface area contributed by atoms with Crippen LogP contribution in [-0.2, 0) is 20.7 Å². The van der Waals surface area contributed by atoms with Crippen molar-refractivity contribution in [2.24, 2.45) is 11.8 Å². The van der Waals surface area contributed by atoms with Crippen LogP contribution in [0.4, 0.5) is 5.69 Å². The number of hydrogen-bond donors (Lipinski definition) is 2. The fraction of sp³-hybridized carbons (Fsp3) is 0.412. The summed E-state index contributed by atoms with van der Waals surface area (Å²) in [7, 11) is 0. The summed E-state index contributed by atoms with van der Waals surface area (Å²) in [5.41, 5.74) is 2.80. The maximum Gasteiger partial charge on any atom is 0.310 e. The molecule has 1 fully saturated rings. The third-order valence-electron chi connectivity index (χ3n) is 4.48. The predicted molar refractivity (Wildman–Crippen MR) is 81.6 cm³/mol. The highest BCUT2D eigenvalue weighted by Gasteiger charge is 2.53. The van der Waals surface area contributed by atoms with Crippen molar-refractivity contribution in [2.75, 3.05) is 5.32 Å². The number of benzene rings is 1. The number of nitrogens with one attached hydrogen (secondary N) is 1. The molecule has 2 bridgehead atoms. The van der Waals surface area contributed by atoms with Gasteiger partial charge in [0.05, 0.1) is 18.1 Å². The highest BCUT2D eigenvalue weighted by atomic mass is 16.5. The Bertz CT molecular complexity index is 652. The Morgan fingerprint density at radius 3 is 2.55 bits per heavy atom. The van der Waals surface area contributed by atoms with Crippen molar-refractivity contribution in [3.8, 4) is 0 Å². The van der Waals surface area contributed by atoms with E-state index in [2.05, 4.69) is 5.32 Å². The fourth-order valence-electron chi connectivity index (χ4n) is 3.32. The van der Waals surface area contributed by atoms with E-state index in [1.807, 2.05) is 32.0 Å². The molecule has 1 aromatic rings. The molecule has 0 radical (unpaired) electrons. The fourth-order valence-corrected chi connectivity index (χ4v) is 3.32. The first-order valence-corrected chi connectivity index (χ1v) is 7.49. The summed E-state index contributed by atoms with van der Waals surface area (Å²) >= 11 is 0. The predicted octanol–water partition coefficient (Wildman–Crippen LogP) is 2.15. The number of aryl methyl sites for hydroxylation is 2. The number of anilines is 1. The van der Waals surface area contributed by atoms with Gasteiger partial charge < -0.3 is 15.2 Å². The average molecular weight is 301 g/mol. The quantitative estimate of drug-likeness (QED) is 0.836. The number of carboxylic acid groups (broad SMARTS) is 1. The molecule has 2 aliphatic rings. The number of hydrogen-bond acceptors (Lipinski definition) is 3. The van der Waals surface area contributed by atoms with Crippen LogP contribution in [0.3, 0.4) is 0 Å². The molecule has 116 valence electrons. The number of fused-ring (bicyclic) bond motifs is 2. The molecule has 1 amide bonds. The zero-order valence-electron chi connectivity index (χ0n) is 12.6. The molecule has 2 aliphatic heterocycles. The Kier molecular flexibility index (Phi) is 3.74. The van der Waals surface area contributed by atoms with Crippen LogP contribution in [0.2, 0.25) is 0 Å². The van der Waals surface area contributed by atoms with Gasteiger partial charge in [0.2, 0.25) is 5.91 Å². The Labute approximate surface area is 129 Å². The van der Waals surface area contributed by atoms with Gasteiger partial charge in [0.25, 0.3) is 0 Å². The molecule has 5 nitrogen and oxygen atoms in total.